The predicted octanol–water partition coefficient (Wildman–Crippen LogP) is 6.14. The summed E-state index contributed by atoms with van der Waals surface area (Å²) >= 11 is 3.48. The minimum Gasteiger partial charge on any atom is -0.462 e. The maximum absolute atomic E-state index is 11.2. The van der Waals surface area contributed by atoms with Gasteiger partial charge in [-0.25, -0.2) is 0 Å². The SMILES string of the molecule is CC[C@@H](CC=C(Sc1ccccc1)Sc1ccccc1)OC(C)=O. The summed E-state index contributed by atoms with van der Waals surface area (Å²) in [6.45, 7) is 3.50. The molecular formula is C20H22O2S2. The Hall–Kier alpha value is -1.65. The lowest BCUT2D eigenvalue weighted by Crippen LogP contribution is -2.14. The Kier molecular flexibility index (Phi) is 7.99. The molecule has 2 rings (SSSR count). The van der Waals surface area contributed by atoms with Gasteiger partial charge in [-0.2, -0.15) is 0 Å². The predicted molar refractivity (Wildman–Crippen MR) is 103 cm³/mol. The van der Waals surface area contributed by atoms with E-state index in [4.69, 9.17) is 4.74 Å². The van der Waals surface area contributed by atoms with Crippen molar-refractivity contribution in [2.45, 2.75) is 42.6 Å². The second-order valence-electron chi connectivity index (χ2n) is 5.23. The summed E-state index contributed by atoms with van der Waals surface area (Å²) in [4.78, 5) is 13.6. The molecule has 1 atom stereocenters. The molecule has 2 aromatic carbocycles. The quantitative estimate of drug-likeness (QED) is 0.418. The molecule has 0 aliphatic rings. The zero-order valence-corrected chi connectivity index (χ0v) is 15.6. The highest BCUT2D eigenvalue weighted by Gasteiger charge is 2.10. The fourth-order valence-electron chi connectivity index (χ4n) is 2.07. The number of hydrogen-bond acceptors (Lipinski definition) is 4. The van der Waals surface area contributed by atoms with Crippen molar-refractivity contribution in [3.63, 3.8) is 0 Å². The van der Waals surface area contributed by atoms with Gasteiger partial charge in [0.2, 0.25) is 0 Å². The number of carbonyl (C=O) groups excluding carboxylic acids is 1. The van der Waals surface area contributed by atoms with Gasteiger partial charge in [0.1, 0.15) is 6.10 Å². The molecule has 0 aliphatic heterocycles. The number of benzene rings is 2. The fourth-order valence-corrected chi connectivity index (χ4v) is 4.23. The van der Waals surface area contributed by atoms with E-state index in [9.17, 15) is 4.79 Å². The molecule has 0 spiro atoms. The van der Waals surface area contributed by atoms with Gasteiger partial charge in [0.05, 0.1) is 0 Å². The molecule has 0 aliphatic carbocycles. The molecule has 0 saturated heterocycles. The van der Waals surface area contributed by atoms with Gasteiger partial charge >= 0.3 is 5.97 Å². The normalized spacial score (nSPS) is 11.6. The minimum atomic E-state index is -0.219. The molecule has 0 amide bonds. The summed E-state index contributed by atoms with van der Waals surface area (Å²) in [7, 11) is 0. The molecule has 0 saturated carbocycles. The van der Waals surface area contributed by atoms with Crippen molar-refractivity contribution in [2.75, 3.05) is 0 Å². The lowest BCUT2D eigenvalue weighted by Gasteiger charge is -2.14. The third kappa shape index (κ3) is 6.85. The highest BCUT2D eigenvalue weighted by molar-refractivity contribution is 8.22. The van der Waals surface area contributed by atoms with E-state index in [-0.39, 0.29) is 12.1 Å². The van der Waals surface area contributed by atoms with E-state index in [1.807, 2.05) is 43.3 Å². The van der Waals surface area contributed by atoms with E-state index in [2.05, 4.69) is 30.3 Å². The van der Waals surface area contributed by atoms with Crippen LogP contribution in [0, 0.1) is 0 Å². The first-order valence-corrected chi connectivity index (χ1v) is 9.64. The van der Waals surface area contributed by atoms with Crippen LogP contribution >= 0.6 is 23.5 Å². The van der Waals surface area contributed by atoms with Crippen molar-refractivity contribution in [3.8, 4) is 0 Å². The Morgan fingerprint density at radius 2 is 1.50 bits per heavy atom. The molecule has 2 nitrogen and oxygen atoms in total. The van der Waals surface area contributed by atoms with E-state index in [0.29, 0.717) is 0 Å². The Morgan fingerprint density at radius 1 is 1.00 bits per heavy atom. The lowest BCUT2D eigenvalue weighted by molar-refractivity contribution is -0.146. The first-order chi connectivity index (χ1) is 11.7. The number of carbonyl (C=O) groups is 1. The molecule has 126 valence electrons. The number of rotatable bonds is 8. The van der Waals surface area contributed by atoms with Crippen molar-refractivity contribution < 1.29 is 9.53 Å². The van der Waals surface area contributed by atoms with Crippen LogP contribution in [0.1, 0.15) is 26.7 Å². The molecule has 2 aromatic rings. The topological polar surface area (TPSA) is 26.3 Å². The zero-order chi connectivity index (χ0) is 17.2. The molecule has 0 aromatic heterocycles. The van der Waals surface area contributed by atoms with Crippen LogP contribution in [0.4, 0.5) is 0 Å². The number of ether oxygens (including phenoxy) is 1. The van der Waals surface area contributed by atoms with Crippen LogP contribution in [0.3, 0.4) is 0 Å². The molecule has 24 heavy (non-hydrogen) atoms. The maximum atomic E-state index is 11.2. The van der Waals surface area contributed by atoms with Gasteiger partial charge in [-0.3, -0.25) is 4.79 Å². The van der Waals surface area contributed by atoms with Crippen LogP contribution in [-0.4, -0.2) is 12.1 Å². The van der Waals surface area contributed by atoms with Crippen LogP contribution in [0.15, 0.2) is 80.8 Å². The Labute approximate surface area is 152 Å². The summed E-state index contributed by atoms with van der Waals surface area (Å²) < 4.78 is 6.54. The smallest absolute Gasteiger partial charge is 0.302 e. The molecular weight excluding hydrogens is 336 g/mol. The largest absolute Gasteiger partial charge is 0.462 e. The standard InChI is InChI=1S/C20H22O2S2/c1-3-17(22-16(2)21)14-15-20(23-18-10-6-4-7-11-18)24-19-12-8-5-9-13-19/h4-13,15,17H,3,14H2,1-2H3/t17-/m0/s1. The zero-order valence-electron chi connectivity index (χ0n) is 14.0. The van der Waals surface area contributed by atoms with Crippen molar-refractivity contribution in [2.24, 2.45) is 0 Å². The van der Waals surface area contributed by atoms with E-state index >= 15 is 0 Å². The number of esters is 1. The maximum Gasteiger partial charge on any atom is 0.302 e. The van der Waals surface area contributed by atoms with Gasteiger partial charge in [0.25, 0.3) is 0 Å². The summed E-state index contributed by atoms with van der Waals surface area (Å²) in [5, 5.41) is 0. The van der Waals surface area contributed by atoms with E-state index in [0.717, 1.165) is 12.8 Å². The van der Waals surface area contributed by atoms with E-state index in [1.165, 1.54) is 21.0 Å². The van der Waals surface area contributed by atoms with Crippen molar-refractivity contribution in [1.82, 2.24) is 0 Å². The third-order valence-corrected chi connectivity index (χ3v) is 5.51. The molecule has 0 bridgehead atoms. The van der Waals surface area contributed by atoms with Crippen molar-refractivity contribution >= 4 is 29.5 Å². The van der Waals surface area contributed by atoms with Crippen LogP contribution in [-0.2, 0) is 9.53 Å². The van der Waals surface area contributed by atoms with Gasteiger partial charge in [0, 0.05) is 27.4 Å². The second-order valence-corrected chi connectivity index (χ2v) is 7.72. The second kappa shape index (κ2) is 10.3. The average molecular weight is 359 g/mol. The van der Waals surface area contributed by atoms with Crippen LogP contribution < -0.4 is 0 Å². The highest BCUT2D eigenvalue weighted by Crippen LogP contribution is 2.39. The lowest BCUT2D eigenvalue weighted by atomic mass is 10.2. The molecule has 0 unspecified atom stereocenters. The number of thioether (sulfide) groups is 2. The Bertz CT molecular complexity index is 610. The average Bonchev–Trinajstić information content (AvgIpc) is 2.60. The van der Waals surface area contributed by atoms with E-state index < -0.39 is 0 Å². The van der Waals surface area contributed by atoms with Crippen LogP contribution in [0.2, 0.25) is 0 Å². The molecule has 4 heteroatoms. The number of hydrogen-bond donors (Lipinski definition) is 0. The first-order valence-electron chi connectivity index (χ1n) is 8.00. The molecule has 0 radical (unpaired) electrons. The minimum absolute atomic E-state index is 0.0646. The Morgan fingerprint density at radius 3 is 1.92 bits per heavy atom. The molecule has 0 N–H and O–H groups in total. The molecule has 0 fully saturated rings. The van der Waals surface area contributed by atoms with E-state index in [1.54, 1.807) is 23.5 Å². The van der Waals surface area contributed by atoms with Gasteiger partial charge < -0.3 is 4.74 Å². The van der Waals surface area contributed by atoms with Crippen LogP contribution in [0.25, 0.3) is 0 Å². The van der Waals surface area contributed by atoms with Crippen LogP contribution in [0.5, 0.6) is 0 Å². The van der Waals surface area contributed by atoms with Crippen molar-refractivity contribution in [1.29, 1.82) is 0 Å². The summed E-state index contributed by atoms with van der Waals surface area (Å²) in [5.74, 6) is -0.219. The van der Waals surface area contributed by atoms with Crippen molar-refractivity contribution in [3.05, 3.63) is 71.0 Å². The summed E-state index contributed by atoms with van der Waals surface area (Å²) in [6.07, 6.45) is 3.65. The first kappa shape index (κ1) is 18.7. The Balaban J connectivity index is 2.11. The van der Waals surface area contributed by atoms with Gasteiger partial charge in [-0.1, -0.05) is 72.9 Å². The summed E-state index contributed by atoms with van der Waals surface area (Å²) in [5.41, 5.74) is 0. The third-order valence-electron chi connectivity index (χ3n) is 3.26. The molecule has 0 heterocycles. The fraction of sp³-hybridized carbons (Fsp3) is 0.250. The van der Waals surface area contributed by atoms with Gasteiger partial charge in [0.15, 0.2) is 0 Å². The monoisotopic (exact) mass is 358 g/mol. The van der Waals surface area contributed by atoms with Gasteiger partial charge in [-0.05, 0) is 30.7 Å². The summed E-state index contributed by atoms with van der Waals surface area (Å²) in [6, 6.07) is 20.6. The van der Waals surface area contributed by atoms with Gasteiger partial charge in [-0.15, -0.1) is 0 Å². The highest BCUT2D eigenvalue weighted by atomic mass is 32.2.